The highest BCUT2D eigenvalue weighted by Gasteiger charge is 2.36. The van der Waals surface area contributed by atoms with Gasteiger partial charge in [0.25, 0.3) is 0 Å². The molecule has 0 atom stereocenters. The molecule has 2 aromatic heterocycles. The summed E-state index contributed by atoms with van der Waals surface area (Å²) in [6, 6.07) is 55.6. The number of hydrogen-bond acceptors (Lipinski definition) is 1. The second kappa shape index (κ2) is 19.2. The molecule has 0 saturated heterocycles. The van der Waals surface area contributed by atoms with Gasteiger partial charge in [0.2, 0.25) is 0 Å². The fraction of sp³-hybridized carbons (Fsp3) is 0.176. The molecule has 0 amide bonds. The monoisotopic (exact) mass is 1050 g/mol. The van der Waals surface area contributed by atoms with Crippen LogP contribution in [0.5, 0.6) is 0 Å². The van der Waals surface area contributed by atoms with Gasteiger partial charge in [0.05, 0.1) is 50.6 Å². The molecule has 0 aliphatic heterocycles. The minimum atomic E-state index is -4.81. The first-order chi connectivity index (χ1) is 38.2. The molecule has 0 aliphatic carbocycles. The molecule has 0 unspecified atom stereocenters. The summed E-state index contributed by atoms with van der Waals surface area (Å²) in [5, 5.41) is 14.0. The summed E-state index contributed by atoms with van der Waals surface area (Å²) in [6.07, 6.45) is -4.81. The van der Waals surface area contributed by atoms with Gasteiger partial charge in [0.1, 0.15) is 0 Å². The predicted octanol–water partition coefficient (Wildman–Crippen LogP) is 20.8. The predicted molar refractivity (Wildman–Crippen MR) is 329 cm³/mol. The number of benzene rings is 10. The molecule has 6 heteroatoms. The smallest absolute Gasteiger partial charge is 0.307 e. The SMILES string of the molecule is Cc1cc(C)c(-c2ccc3c4ccc(-c5c(C)cc(C)cc5C)cc4n(-c4cc(-c5cccc(C#N)c5)c(C(F)(F)F)cc4-n4c5cc(-c6c(C)cc(C)cc6C)ccc5c5ccc(-c6c(C)cc(C)cc6C)cc54)c3c2)c(C)c1. The van der Waals surface area contributed by atoms with E-state index in [0.29, 0.717) is 16.9 Å². The average Bonchev–Trinajstić information content (AvgIpc) is 3.90. The van der Waals surface area contributed by atoms with Gasteiger partial charge in [-0.05, 0) is 232 Å². The minimum Gasteiger partial charge on any atom is -0.307 e. The molecular formula is C74H62F3N3. The quantitative estimate of drug-likeness (QED) is 0.157. The van der Waals surface area contributed by atoms with Crippen molar-refractivity contribution in [1.29, 1.82) is 5.26 Å². The second-order valence-electron chi connectivity index (χ2n) is 22.8. The number of aryl methyl sites for hydroxylation is 12. The summed E-state index contributed by atoms with van der Waals surface area (Å²) in [7, 11) is 0. The molecule has 0 spiro atoms. The van der Waals surface area contributed by atoms with Crippen LogP contribution in [0.25, 0.3) is 111 Å². The number of aromatic nitrogens is 2. The van der Waals surface area contributed by atoms with E-state index in [4.69, 9.17) is 0 Å². The van der Waals surface area contributed by atoms with Crippen LogP contribution in [0.15, 0.2) is 158 Å². The van der Waals surface area contributed by atoms with Gasteiger partial charge in [-0.25, -0.2) is 0 Å². The van der Waals surface area contributed by atoms with E-state index in [2.05, 4.69) is 220 Å². The van der Waals surface area contributed by atoms with Crippen molar-refractivity contribution in [2.45, 2.75) is 89.3 Å². The maximum Gasteiger partial charge on any atom is 0.417 e. The Hall–Kier alpha value is -8.92. The number of halogens is 3. The lowest BCUT2D eigenvalue weighted by molar-refractivity contribution is -0.137. The van der Waals surface area contributed by atoms with Crippen LogP contribution in [0.2, 0.25) is 0 Å². The number of alkyl halides is 3. The molecule has 80 heavy (non-hydrogen) atoms. The van der Waals surface area contributed by atoms with Crippen molar-refractivity contribution in [3.8, 4) is 73.1 Å². The van der Waals surface area contributed by atoms with Crippen molar-refractivity contribution < 1.29 is 13.2 Å². The van der Waals surface area contributed by atoms with E-state index in [0.717, 1.165) is 144 Å². The third-order valence-corrected chi connectivity index (χ3v) is 16.6. The van der Waals surface area contributed by atoms with Crippen LogP contribution in [0.4, 0.5) is 13.2 Å². The van der Waals surface area contributed by atoms with Gasteiger partial charge < -0.3 is 9.13 Å². The van der Waals surface area contributed by atoms with Gasteiger partial charge in [-0.3, -0.25) is 0 Å². The number of rotatable bonds is 7. The normalized spacial score (nSPS) is 11.9. The lowest BCUT2D eigenvalue weighted by Crippen LogP contribution is -2.12. The van der Waals surface area contributed by atoms with E-state index in [9.17, 15) is 5.26 Å². The largest absolute Gasteiger partial charge is 0.417 e. The summed E-state index contributed by atoms with van der Waals surface area (Å²) in [5.74, 6) is 0. The van der Waals surface area contributed by atoms with Crippen LogP contribution in [0, 0.1) is 94.4 Å². The van der Waals surface area contributed by atoms with E-state index in [1.807, 2.05) is 0 Å². The van der Waals surface area contributed by atoms with Gasteiger partial charge in [-0.2, -0.15) is 18.4 Å². The summed E-state index contributed by atoms with van der Waals surface area (Å²) < 4.78 is 54.0. The Labute approximate surface area is 466 Å². The van der Waals surface area contributed by atoms with Gasteiger partial charge in [0.15, 0.2) is 0 Å². The zero-order valence-corrected chi connectivity index (χ0v) is 47.5. The highest BCUT2D eigenvalue weighted by molar-refractivity contribution is 6.14. The van der Waals surface area contributed by atoms with Crippen molar-refractivity contribution in [3.63, 3.8) is 0 Å². The van der Waals surface area contributed by atoms with Gasteiger partial charge in [-0.1, -0.05) is 131 Å². The standard InChI is InChI=1S/C74H62F3N3/c1-40-24-44(5)70(45(6)25-40)54-16-20-58-59-21-17-55(71-46(7)26-41(2)27-47(71)8)34-65(59)79(64(58)33-54)68-37-62(53-15-13-14-52(32-53)39-78)63(74(75,76)77)38-69(68)80-66-35-56(72-48(9)28-42(3)29-49(72)10)18-22-60(66)61-23-19-57(36-67(61)80)73-50(11)30-43(4)31-51(73)12/h13-38H,1-12H3. The fourth-order valence-corrected chi connectivity index (χ4v) is 13.9. The van der Waals surface area contributed by atoms with E-state index >= 15 is 13.2 Å². The molecule has 12 aromatic rings. The molecular weight excluding hydrogens is 988 g/mol. The molecule has 0 saturated carbocycles. The molecule has 0 aliphatic rings. The zero-order chi connectivity index (χ0) is 56.4. The van der Waals surface area contributed by atoms with Crippen LogP contribution in [-0.4, -0.2) is 9.13 Å². The van der Waals surface area contributed by atoms with E-state index in [-0.39, 0.29) is 11.1 Å². The Morgan fingerprint density at radius 3 is 0.925 bits per heavy atom. The highest BCUT2D eigenvalue weighted by atomic mass is 19.4. The second-order valence-corrected chi connectivity index (χ2v) is 22.8. The van der Waals surface area contributed by atoms with E-state index in [1.165, 1.54) is 17.2 Å². The summed E-state index contributed by atoms with van der Waals surface area (Å²) in [6.45, 7) is 25.5. The first kappa shape index (κ1) is 51.8. The summed E-state index contributed by atoms with van der Waals surface area (Å²) >= 11 is 0. The summed E-state index contributed by atoms with van der Waals surface area (Å²) in [5.41, 5.74) is 26.0. The zero-order valence-electron chi connectivity index (χ0n) is 47.5. The Bertz CT molecular complexity index is 4340. The molecule has 10 aromatic carbocycles. The van der Waals surface area contributed by atoms with E-state index in [1.54, 1.807) is 30.3 Å². The maximum absolute atomic E-state index is 16.6. The lowest BCUT2D eigenvalue weighted by Gasteiger charge is -2.23. The molecule has 0 radical (unpaired) electrons. The maximum atomic E-state index is 16.6. The van der Waals surface area contributed by atoms with Crippen LogP contribution < -0.4 is 0 Å². The third kappa shape index (κ3) is 8.59. The van der Waals surface area contributed by atoms with Crippen LogP contribution in [-0.2, 0) is 6.18 Å². The Morgan fingerprint density at radius 1 is 0.338 bits per heavy atom. The topological polar surface area (TPSA) is 33.6 Å². The molecule has 0 bridgehead atoms. The van der Waals surface area contributed by atoms with Crippen molar-refractivity contribution >= 4 is 43.6 Å². The first-order valence-corrected chi connectivity index (χ1v) is 27.4. The van der Waals surface area contributed by atoms with E-state index < -0.39 is 11.7 Å². The van der Waals surface area contributed by atoms with Crippen molar-refractivity contribution in [2.75, 3.05) is 0 Å². The van der Waals surface area contributed by atoms with Crippen LogP contribution >= 0.6 is 0 Å². The Kier molecular flexibility index (Phi) is 12.4. The third-order valence-electron chi connectivity index (χ3n) is 16.6. The Morgan fingerprint density at radius 2 is 0.637 bits per heavy atom. The van der Waals surface area contributed by atoms with Crippen molar-refractivity contribution in [1.82, 2.24) is 9.13 Å². The molecule has 12 rings (SSSR count). The molecule has 394 valence electrons. The van der Waals surface area contributed by atoms with Crippen LogP contribution in [0.1, 0.15) is 77.9 Å². The minimum absolute atomic E-state index is 0.0231. The number of nitriles is 1. The summed E-state index contributed by atoms with van der Waals surface area (Å²) in [4.78, 5) is 0. The molecule has 2 heterocycles. The highest BCUT2D eigenvalue weighted by Crippen LogP contribution is 2.48. The number of hydrogen-bond donors (Lipinski definition) is 0. The molecule has 3 nitrogen and oxygen atoms in total. The average molecular weight is 1050 g/mol. The first-order valence-electron chi connectivity index (χ1n) is 27.4. The molecule has 0 fully saturated rings. The Balaban J connectivity index is 1.31. The molecule has 0 N–H and O–H groups in total. The number of fused-ring (bicyclic) bond motifs is 6. The van der Waals surface area contributed by atoms with Gasteiger partial charge >= 0.3 is 6.18 Å². The fourth-order valence-electron chi connectivity index (χ4n) is 13.9. The van der Waals surface area contributed by atoms with Crippen molar-refractivity contribution in [2.24, 2.45) is 0 Å². The van der Waals surface area contributed by atoms with Gasteiger partial charge in [-0.15, -0.1) is 0 Å². The van der Waals surface area contributed by atoms with Crippen molar-refractivity contribution in [3.05, 3.63) is 236 Å². The van der Waals surface area contributed by atoms with Crippen LogP contribution in [0.3, 0.4) is 0 Å². The number of nitrogens with zero attached hydrogens (tertiary/aromatic N) is 3. The lowest BCUT2D eigenvalue weighted by atomic mass is 9.92. The van der Waals surface area contributed by atoms with Gasteiger partial charge in [0, 0.05) is 21.5 Å².